The standard InChI is InChI=1S/C24H21F2N5O2/c1-3-13-30-15(2)18(10-12-21(32)27-20-11-9-17(25)14-19(20)26)23(33)31-24(30)28-22(29-31)16-7-5-4-6-8-16/h3-9,11,14H,1,10,12-13H2,2H3,(H,27,32). The normalized spacial score (nSPS) is 11.0. The number of nitrogens with zero attached hydrogens (tertiary/aromatic N) is 4. The quantitative estimate of drug-likeness (QED) is 0.434. The van der Waals surface area contributed by atoms with E-state index in [9.17, 15) is 18.4 Å². The van der Waals surface area contributed by atoms with Crippen molar-refractivity contribution in [1.29, 1.82) is 0 Å². The molecule has 0 fully saturated rings. The van der Waals surface area contributed by atoms with Gasteiger partial charge in [0.05, 0.1) is 5.69 Å². The Morgan fingerprint density at radius 1 is 1.18 bits per heavy atom. The van der Waals surface area contributed by atoms with Gasteiger partial charge in [0.1, 0.15) is 11.6 Å². The average molecular weight is 449 g/mol. The number of aromatic nitrogens is 4. The van der Waals surface area contributed by atoms with E-state index in [1.54, 1.807) is 17.6 Å². The predicted molar refractivity (Wildman–Crippen MR) is 121 cm³/mol. The van der Waals surface area contributed by atoms with Crippen LogP contribution in [0.15, 0.2) is 66.0 Å². The van der Waals surface area contributed by atoms with Crippen LogP contribution < -0.4 is 10.9 Å². The molecule has 0 radical (unpaired) electrons. The molecule has 0 aliphatic carbocycles. The number of hydrogen-bond acceptors (Lipinski definition) is 4. The van der Waals surface area contributed by atoms with Crippen molar-refractivity contribution in [1.82, 2.24) is 19.2 Å². The zero-order valence-corrected chi connectivity index (χ0v) is 17.9. The van der Waals surface area contributed by atoms with Crippen LogP contribution in [0.1, 0.15) is 17.7 Å². The Morgan fingerprint density at radius 2 is 1.94 bits per heavy atom. The van der Waals surface area contributed by atoms with Crippen LogP contribution in [0.5, 0.6) is 0 Å². The first-order valence-electron chi connectivity index (χ1n) is 10.3. The van der Waals surface area contributed by atoms with E-state index in [-0.39, 0.29) is 24.1 Å². The largest absolute Gasteiger partial charge is 0.324 e. The fraction of sp³-hybridized carbons (Fsp3) is 0.167. The van der Waals surface area contributed by atoms with E-state index in [4.69, 9.17) is 0 Å². The number of amides is 1. The van der Waals surface area contributed by atoms with E-state index < -0.39 is 17.5 Å². The van der Waals surface area contributed by atoms with Gasteiger partial charge in [-0.3, -0.25) is 9.59 Å². The molecule has 168 valence electrons. The Kier molecular flexibility index (Phi) is 6.12. The van der Waals surface area contributed by atoms with Crippen LogP contribution in [0.3, 0.4) is 0 Å². The maximum absolute atomic E-state index is 13.8. The summed E-state index contributed by atoms with van der Waals surface area (Å²) in [5.41, 5.74) is 1.30. The molecular weight excluding hydrogens is 428 g/mol. The SMILES string of the molecule is C=CCn1c(C)c(CCC(=O)Nc2ccc(F)cc2F)c(=O)n2nc(-c3ccccc3)nc12. The van der Waals surface area contributed by atoms with Crippen molar-refractivity contribution in [3.05, 3.63) is 94.4 Å². The Morgan fingerprint density at radius 3 is 2.64 bits per heavy atom. The molecular formula is C24H21F2N5O2. The van der Waals surface area contributed by atoms with Crippen LogP contribution in [0.4, 0.5) is 14.5 Å². The predicted octanol–water partition coefficient (Wildman–Crippen LogP) is 3.90. The Balaban J connectivity index is 1.66. The van der Waals surface area contributed by atoms with Gasteiger partial charge in [-0.1, -0.05) is 36.4 Å². The topological polar surface area (TPSA) is 81.3 Å². The maximum Gasteiger partial charge on any atom is 0.279 e. The lowest BCUT2D eigenvalue weighted by molar-refractivity contribution is -0.116. The minimum Gasteiger partial charge on any atom is -0.324 e. The molecule has 0 unspecified atom stereocenters. The Hall–Kier alpha value is -4.14. The Bertz CT molecular complexity index is 1410. The van der Waals surface area contributed by atoms with Gasteiger partial charge in [-0.2, -0.15) is 9.50 Å². The lowest BCUT2D eigenvalue weighted by atomic mass is 10.1. The second-order valence-corrected chi connectivity index (χ2v) is 7.45. The molecule has 2 aromatic heterocycles. The van der Waals surface area contributed by atoms with Gasteiger partial charge in [0.15, 0.2) is 5.82 Å². The fourth-order valence-electron chi connectivity index (χ4n) is 3.60. The second kappa shape index (κ2) is 9.15. The van der Waals surface area contributed by atoms with Gasteiger partial charge >= 0.3 is 0 Å². The molecule has 2 aromatic carbocycles. The van der Waals surface area contributed by atoms with E-state index >= 15 is 0 Å². The third kappa shape index (κ3) is 4.43. The number of hydrogen-bond donors (Lipinski definition) is 1. The molecule has 1 amide bonds. The number of nitrogens with one attached hydrogen (secondary N) is 1. The second-order valence-electron chi connectivity index (χ2n) is 7.45. The maximum atomic E-state index is 13.8. The molecule has 2 heterocycles. The van der Waals surface area contributed by atoms with E-state index in [1.807, 2.05) is 30.3 Å². The van der Waals surface area contributed by atoms with Crippen molar-refractivity contribution in [2.45, 2.75) is 26.3 Å². The summed E-state index contributed by atoms with van der Waals surface area (Å²) >= 11 is 0. The van der Waals surface area contributed by atoms with Crippen LogP contribution >= 0.6 is 0 Å². The van der Waals surface area contributed by atoms with Crippen molar-refractivity contribution in [3.8, 4) is 11.4 Å². The van der Waals surface area contributed by atoms with E-state index in [0.29, 0.717) is 35.5 Å². The van der Waals surface area contributed by atoms with E-state index in [1.165, 1.54) is 4.52 Å². The van der Waals surface area contributed by atoms with Crippen LogP contribution in [0.2, 0.25) is 0 Å². The van der Waals surface area contributed by atoms with Gasteiger partial charge in [-0.25, -0.2) is 8.78 Å². The number of halogens is 2. The molecule has 0 aliphatic rings. The van der Waals surface area contributed by atoms with Gasteiger partial charge < -0.3 is 9.88 Å². The molecule has 0 bridgehead atoms. The van der Waals surface area contributed by atoms with Gasteiger partial charge in [-0.05, 0) is 25.5 Å². The summed E-state index contributed by atoms with van der Waals surface area (Å²) in [5.74, 6) is -1.33. The molecule has 0 saturated heterocycles. The summed E-state index contributed by atoms with van der Waals surface area (Å²) in [7, 11) is 0. The summed E-state index contributed by atoms with van der Waals surface area (Å²) in [6.07, 6.45) is 1.71. The summed E-state index contributed by atoms with van der Waals surface area (Å²) in [6, 6.07) is 12.2. The third-order valence-electron chi connectivity index (χ3n) is 5.27. The lowest BCUT2D eigenvalue weighted by Crippen LogP contribution is -2.27. The van der Waals surface area contributed by atoms with Crippen LogP contribution in [-0.2, 0) is 17.8 Å². The molecule has 7 nitrogen and oxygen atoms in total. The Labute approximate surface area is 188 Å². The highest BCUT2D eigenvalue weighted by molar-refractivity contribution is 5.90. The van der Waals surface area contributed by atoms with Gasteiger partial charge in [0.25, 0.3) is 5.56 Å². The lowest BCUT2D eigenvalue weighted by Gasteiger charge is -2.14. The van der Waals surface area contributed by atoms with E-state index in [2.05, 4.69) is 22.0 Å². The molecule has 0 spiro atoms. The molecule has 0 aliphatic heterocycles. The van der Waals surface area contributed by atoms with Crippen LogP contribution in [0.25, 0.3) is 17.2 Å². The molecule has 4 aromatic rings. The number of benzene rings is 2. The fourth-order valence-corrected chi connectivity index (χ4v) is 3.60. The summed E-state index contributed by atoms with van der Waals surface area (Å²) in [4.78, 5) is 30.1. The first kappa shape index (κ1) is 22.1. The minimum atomic E-state index is -0.870. The summed E-state index contributed by atoms with van der Waals surface area (Å²) in [5, 5.41) is 6.80. The van der Waals surface area contributed by atoms with Gasteiger partial charge in [0.2, 0.25) is 11.7 Å². The first-order chi connectivity index (χ1) is 15.9. The molecule has 0 saturated carbocycles. The number of anilines is 1. The first-order valence-corrected chi connectivity index (χ1v) is 10.3. The zero-order valence-electron chi connectivity index (χ0n) is 17.9. The molecule has 33 heavy (non-hydrogen) atoms. The number of carbonyl (C=O) groups excluding carboxylic acids is 1. The highest BCUT2D eigenvalue weighted by Gasteiger charge is 2.19. The van der Waals surface area contributed by atoms with E-state index in [0.717, 1.165) is 17.7 Å². The number of carbonyl (C=O) groups is 1. The molecule has 9 heteroatoms. The summed E-state index contributed by atoms with van der Waals surface area (Å²) in [6.45, 7) is 5.94. The van der Waals surface area contributed by atoms with Crippen LogP contribution in [-0.4, -0.2) is 25.1 Å². The average Bonchev–Trinajstić information content (AvgIpc) is 3.25. The van der Waals surface area contributed by atoms with Crippen molar-refractivity contribution in [2.24, 2.45) is 0 Å². The van der Waals surface area contributed by atoms with Gasteiger partial charge in [-0.15, -0.1) is 11.7 Å². The number of rotatable bonds is 7. The van der Waals surface area contributed by atoms with Crippen molar-refractivity contribution >= 4 is 17.4 Å². The van der Waals surface area contributed by atoms with Crippen molar-refractivity contribution < 1.29 is 13.6 Å². The third-order valence-corrected chi connectivity index (χ3v) is 5.27. The molecule has 4 rings (SSSR count). The number of allylic oxidation sites excluding steroid dienone is 1. The molecule has 1 N–H and O–H groups in total. The summed E-state index contributed by atoms with van der Waals surface area (Å²) < 4.78 is 29.9. The van der Waals surface area contributed by atoms with Crippen molar-refractivity contribution in [3.63, 3.8) is 0 Å². The number of fused-ring (bicyclic) bond motifs is 1. The highest BCUT2D eigenvalue weighted by atomic mass is 19.1. The van der Waals surface area contributed by atoms with Crippen molar-refractivity contribution in [2.75, 3.05) is 5.32 Å². The smallest absolute Gasteiger partial charge is 0.279 e. The minimum absolute atomic E-state index is 0.0767. The van der Waals surface area contributed by atoms with Gasteiger partial charge in [0, 0.05) is 35.9 Å². The zero-order chi connectivity index (χ0) is 23.5. The molecule has 0 atom stereocenters. The van der Waals surface area contributed by atoms with Crippen LogP contribution in [0, 0.1) is 18.6 Å². The monoisotopic (exact) mass is 449 g/mol. The highest BCUT2D eigenvalue weighted by Crippen LogP contribution is 2.18.